The molecule has 0 N–H and O–H groups in total. The van der Waals surface area contributed by atoms with Crippen molar-refractivity contribution >= 4 is 23.5 Å². The molecular weight excluding hydrogens is 376 g/mol. The molecule has 0 spiro atoms. The Labute approximate surface area is 177 Å². The fraction of sp³-hybridized carbons (Fsp3) is 0.826. The minimum Gasteiger partial charge on any atom is -0.466 e. The van der Waals surface area contributed by atoms with E-state index in [1.807, 2.05) is 6.08 Å². The summed E-state index contributed by atoms with van der Waals surface area (Å²) < 4.78 is 10.4. The van der Waals surface area contributed by atoms with Gasteiger partial charge in [0.1, 0.15) is 0 Å². The monoisotopic (exact) mass is 416 g/mol. The van der Waals surface area contributed by atoms with Crippen LogP contribution in [0.1, 0.15) is 103 Å². The van der Waals surface area contributed by atoms with Gasteiger partial charge in [-0.2, -0.15) is 0 Å². The molecule has 0 unspecified atom stereocenters. The largest absolute Gasteiger partial charge is 0.466 e. The van der Waals surface area contributed by atoms with Crippen molar-refractivity contribution in [1.29, 1.82) is 0 Å². The number of allylic oxidation sites excluding steroid dienone is 1. The third-order valence-corrected chi connectivity index (χ3v) is 4.89. The van der Waals surface area contributed by atoms with Gasteiger partial charge in [0.05, 0.1) is 13.2 Å². The zero-order valence-corrected chi connectivity index (χ0v) is 18.5. The van der Waals surface area contributed by atoms with Crippen LogP contribution >= 0.6 is 11.6 Å². The van der Waals surface area contributed by atoms with Crippen LogP contribution in [0.2, 0.25) is 0 Å². The molecule has 5 heteroatoms. The molecule has 0 heterocycles. The molecule has 0 aliphatic carbocycles. The van der Waals surface area contributed by atoms with Gasteiger partial charge in [-0.15, -0.1) is 18.2 Å². The van der Waals surface area contributed by atoms with E-state index >= 15 is 0 Å². The lowest BCUT2D eigenvalue weighted by Gasteiger charge is -2.06. The summed E-state index contributed by atoms with van der Waals surface area (Å²) in [7, 11) is 0. The standard InChI is InChI=1S/C23H41ClO4/c1-2-3-4-5-6-8-11-14-20-27-22(25)17-16-18-23(26)28-21-15-12-9-7-10-13-19-24/h2H,1,3-21H2. The van der Waals surface area contributed by atoms with E-state index in [1.54, 1.807) is 0 Å². The molecular formula is C23H41ClO4. The SMILES string of the molecule is C=CCCCCCCCCOC(=O)CCCC(=O)OCCCCCCCCCl. The highest BCUT2D eigenvalue weighted by molar-refractivity contribution is 6.17. The summed E-state index contributed by atoms with van der Waals surface area (Å²) in [6.07, 6.45) is 17.6. The Morgan fingerprint density at radius 1 is 0.643 bits per heavy atom. The summed E-state index contributed by atoms with van der Waals surface area (Å²) in [6.45, 7) is 4.68. The van der Waals surface area contributed by atoms with Crippen LogP contribution in [0.15, 0.2) is 12.7 Å². The van der Waals surface area contributed by atoms with Crippen LogP contribution in [0.4, 0.5) is 0 Å². The zero-order valence-electron chi connectivity index (χ0n) is 17.7. The quantitative estimate of drug-likeness (QED) is 0.0899. The van der Waals surface area contributed by atoms with Crippen molar-refractivity contribution in [3.63, 3.8) is 0 Å². The molecule has 0 aliphatic heterocycles. The van der Waals surface area contributed by atoms with E-state index < -0.39 is 0 Å². The predicted octanol–water partition coefficient (Wildman–Crippen LogP) is 6.74. The lowest BCUT2D eigenvalue weighted by Crippen LogP contribution is -2.09. The number of halogens is 1. The van der Waals surface area contributed by atoms with Gasteiger partial charge in [0.15, 0.2) is 0 Å². The molecule has 0 aromatic carbocycles. The van der Waals surface area contributed by atoms with Gasteiger partial charge in [-0.1, -0.05) is 57.4 Å². The lowest BCUT2D eigenvalue weighted by molar-refractivity contribution is -0.145. The van der Waals surface area contributed by atoms with Crippen molar-refractivity contribution in [3.8, 4) is 0 Å². The Morgan fingerprint density at radius 2 is 1.07 bits per heavy atom. The van der Waals surface area contributed by atoms with Gasteiger partial charge < -0.3 is 9.47 Å². The molecule has 164 valence electrons. The Kier molecular flexibility index (Phi) is 21.4. The van der Waals surface area contributed by atoms with Crippen LogP contribution in [0.25, 0.3) is 0 Å². The molecule has 0 atom stereocenters. The summed E-state index contributed by atoms with van der Waals surface area (Å²) in [5, 5.41) is 0. The number of hydrogen-bond donors (Lipinski definition) is 0. The van der Waals surface area contributed by atoms with E-state index in [4.69, 9.17) is 21.1 Å². The summed E-state index contributed by atoms with van der Waals surface area (Å²) in [5.41, 5.74) is 0. The van der Waals surface area contributed by atoms with E-state index in [2.05, 4.69) is 6.58 Å². The first-order valence-corrected chi connectivity index (χ1v) is 11.7. The van der Waals surface area contributed by atoms with Gasteiger partial charge in [0, 0.05) is 18.7 Å². The van der Waals surface area contributed by atoms with Crippen LogP contribution in [0.5, 0.6) is 0 Å². The van der Waals surface area contributed by atoms with Gasteiger partial charge in [0.2, 0.25) is 0 Å². The topological polar surface area (TPSA) is 52.6 Å². The first kappa shape index (κ1) is 27.0. The average molecular weight is 417 g/mol. The fourth-order valence-corrected chi connectivity index (χ4v) is 3.08. The molecule has 0 fully saturated rings. The Hall–Kier alpha value is -1.03. The second kappa shape index (κ2) is 22.3. The average Bonchev–Trinajstić information content (AvgIpc) is 2.68. The van der Waals surface area contributed by atoms with Gasteiger partial charge in [0.25, 0.3) is 0 Å². The molecule has 0 saturated carbocycles. The van der Waals surface area contributed by atoms with Crippen molar-refractivity contribution in [2.75, 3.05) is 19.1 Å². The summed E-state index contributed by atoms with van der Waals surface area (Å²) in [4.78, 5) is 23.3. The maximum atomic E-state index is 11.6. The number of carbonyl (C=O) groups is 2. The van der Waals surface area contributed by atoms with E-state index in [0.717, 1.165) is 50.8 Å². The van der Waals surface area contributed by atoms with Crippen molar-refractivity contribution in [2.45, 2.75) is 103 Å². The number of hydrogen-bond acceptors (Lipinski definition) is 4. The van der Waals surface area contributed by atoms with Crippen molar-refractivity contribution in [3.05, 3.63) is 12.7 Å². The third-order valence-electron chi connectivity index (χ3n) is 4.62. The van der Waals surface area contributed by atoms with Crippen LogP contribution in [-0.4, -0.2) is 31.0 Å². The molecule has 0 aliphatic rings. The summed E-state index contributed by atoms with van der Waals surface area (Å²) in [5.74, 6) is 0.309. The van der Waals surface area contributed by atoms with E-state index in [9.17, 15) is 9.59 Å². The van der Waals surface area contributed by atoms with Crippen molar-refractivity contribution in [1.82, 2.24) is 0 Å². The normalized spacial score (nSPS) is 10.6. The molecule has 0 radical (unpaired) electrons. The molecule has 0 saturated heterocycles. The van der Waals surface area contributed by atoms with E-state index in [-0.39, 0.29) is 24.8 Å². The lowest BCUT2D eigenvalue weighted by atomic mass is 10.1. The maximum Gasteiger partial charge on any atom is 0.305 e. The number of esters is 2. The maximum absolute atomic E-state index is 11.6. The molecule has 4 nitrogen and oxygen atoms in total. The Morgan fingerprint density at radius 3 is 1.54 bits per heavy atom. The molecule has 0 aromatic heterocycles. The molecule has 0 amide bonds. The van der Waals surface area contributed by atoms with Gasteiger partial charge >= 0.3 is 11.9 Å². The van der Waals surface area contributed by atoms with Crippen LogP contribution in [0.3, 0.4) is 0 Å². The fourth-order valence-electron chi connectivity index (χ4n) is 2.89. The highest BCUT2D eigenvalue weighted by atomic mass is 35.5. The van der Waals surface area contributed by atoms with Gasteiger partial charge in [-0.05, 0) is 38.5 Å². The van der Waals surface area contributed by atoms with Crippen molar-refractivity contribution < 1.29 is 19.1 Å². The Balaban J connectivity index is 3.32. The number of rotatable bonds is 21. The molecule has 0 aromatic rings. The third kappa shape index (κ3) is 21.3. The minimum atomic E-state index is -0.216. The highest BCUT2D eigenvalue weighted by Crippen LogP contribution is 2.09. The number of carbonyl (C=O) groups excluding carboxylic acids is 2. The smallest absolute Gasteiger partial charge is 0.305 e. The summed E-state index contributed by atoms with van der Waals surface area (Å²) >= 11 is 5.63. The number of alkyl halides is 1. The van der Waals surface area contributed by atoms with Crippen molar-refractivity contribution in [2.24, 2.45) is 0 Å². The number of ether oxygens (including phenoxy) is 2. The first-order chi connectivity index (χ1) is 13.7. The van der Waals surface area contributed by atoms with Crippen LogP contribution < -0.4 is 0 Å². The second-order valence-electron chi connectivity index (χ2n) is 7.30. The van der Waals surface area contributed by atoms with Crippen LogP contribution in [-0.2, 0) is 19.1 Å². The predicted molar refractivity (Wildman–Crippen MR) is 117 cm³/mol. The number of unbranched alkanes of at least 4 members (excludes halogenated alkanes) is 11. The highest BCUT2D eigenvalue weighted by Gasteiger charge is 2.07. The first-order valence-electron chi connectivity index (χ1n) is 11.2. The minimum absolute atomic E-state index is 0.212. The zero-order chi connectivity index (χ0) is 20.7. The van der Waals surface area contributed by atoms with Crippen LogP contribution in [0, 0.1) is 0 Å². The van der Waals surface area contributed by atoms with E-state index in [1.165, 1.54) is 38.5 Å². The summed E-state index contributed by atoms with van der Waals surface area (Å²) in [6, 6.07) is 0. The molecule has 0 bridgehead atoms. The molecule has 28 heavy (non-hydrogen) atoms. The molecule has 0 rings (SSSR count). The second-order valence-corrected chi connectivity index (χ2v) is 7.68. The van der Waals surface area contributed by atoms with Gasteiger partial charge in [-0.3, -0.25) is 9.59 Å². The van der Waals surface area contributed by atoms with E-state index in [0.29, 0.717) is 19.6 Å². The Bertz CT molecular complexity index is 385. The van der Waals surface area contributed by atoms with Gasteiger partial charge in [-0.25, -0.2) is 0 Å².